The largest absolute Gasteiger partial charge is 0.331 e. The van der Waals surface area contributed by atoms with E-state index in [-0.39, 0.29) is 23.6 Å². The van der Waals surface area contributed by atoms with E-state index in [1.165, 1.54) is 6.20 Å². The number of fused-ring (bicyclic) bond motifs is 2. The van der Waals surface area contributed by atoms with Crippen LogP contribution in [0.25, 0.3) is 0 Å². The second-order valence-corrected chi connectivity index (χ2v) is 5.63. The quantitative estimate of drug-likeness (QED) is 0.716. The Hall–Kier alpha value is -1.89. The van der Waals surface area contributed by atoms with Gasteiger partial charge in [-0.2, -0.15) is 0 Å². The number of nitrogens with one attached hydrogen (secondary N) is 2. The van der Waals surface area contributed by atoms with Gasteiger partial charge >= 0.3 is 5.69 Å². The molecule has 0 unspecified atom stereocenters. The third kappa shape index (κ3) is 2.18. The van der Waals surface area contributed by atoms with Crippen molar-refractivity contribution in [3.05, 3.63) is 32.6 Å². The van der Waals surface area contributed by atoms with E-state index < -0.39 is 11.2 Å². The molecular formula is C13H18N4O3. The van der Waals surface area contributed by atoms with Gasteiger partial charge in [-0.05, 0) is 32.9 Å². The maximum Gasteiger partial charge on any atom is 0.325 e. The highest BCUT2D eigenvalue weighted by molar-refractivity contribution is 5.94. The molecule has 0 aromatic carbocycles. The number of rotatable bonds is 1. The third-order valence-corrected chi connectivity index (χ3v) is 4.27. The van der Waals surface area contributed by atoms with Gasteiger partial charge in [-0.15, -0.1) is 0 Å². The highest BCUT2D eigenvalue weighted by Gasteiger charge is 2.40. The van der Waals surface area contributed by atoms with Gasteiger partial charge in [0.25, 0.3) is 11.5 Å². The minimum absolute atomic E-state index is 0.0195. The van der Waals surface area contributed by atoms with Gasteiger partial charge in [0.15, 0.2) is 0 Å². The van der Waals surface area contributed by atoms with Gasteiger partial charge in [-0.1, -0.05) is 0 Å². The Morgan fingerprint density at radius 3 is 2.75 bits per heavy atom. The number of aromatic nitrogens is 2. The molecule has 7 heteroatoms. The van der Waals surface area contributed by atoms with Crippen molar-refractivity contribution in [3.8, 4) is 0 Å². The van der Waals surface area contributed by atoms with E-state index in [0.29, 0.717) is 0 Å². The first kappa shape index (κ1) is 13.1. The fourth-order valence-corrected chi connectivity index (χ4v) is 3.28. The summed E-state index contributed by atoms with van der Waals surface area (Å²) < 4.78 is 0. The Morgan fingerprint density at radius 1 is 1.25 bits per heavy atom. The van der Waals surface area contributed by atoms with Crippen molar-refractivity contribution in [1.82, 2.24) is 19.8 Å². The van der Waals surface area contributed by atoms with Crippen LogP contribution in [-0.2, 0) is 0 Å². The molecule has 2 fully saturated rings. The van der Waals surface area contributed by atoms with Crippen molar-refractivity contribution in [2.75, 3.05) is 20.1 Å². The molecule has 2 N–H and O–H groups in total. The van der Waals surface area contributed by atoms with Gasteiger partial charge in [-0.3, -0.25) is 14.6 Å². The number of hydrogen-bond donors (Lipinski definition) is 2. The lowest BCUT2D eigenvalue weighted by atomic mass is 10.1. The monoisotopic (exact) mass is 278 g/mol. The first-order valence-electron chi connectivity index (χ1n) is 6.89. The standard InChI is InChI=1S/C13H18N4O3/c1-16-5-4-8-2-3-9(7-16)17(8)12(19)10-6-14-13(20)15-11(10)18/h6,8-9H,2-5,7H2,1H3,(H2,14,15,18,20)/t8-,9+/m1/s1. The average molecular weight is 278 g/mol. The fourth-order valence-electron chi connectivity index (χ4n) is 3.28. The third-order valence-electron chi connectivity index (χ3n) is 4.27. The van der Waals surface area contributed by atoms with E-state index in [1.54, 1.807) is 0 Å². The van der Waals surface area contributed by atoms with Crippen LogP contribution in [0.1, 0.15) is 29.6 Å². The lowest BCUT2D eigenvalue weighted by Crippen LogP contribution is -2.45. The van der Waals surface area contributed by atoms with Crippen LogP contribution in [0.3, 0.4) is 0 Å². The predicted molar refractivity (Wildman–Crippen MR) is 72.8 cm³/mol. The van der Waals surface area contributed by atoms with Crippen molar-refractivity contribution < 1.29 is 4.79 Å². The van der Waals surface area contributed by atoms with Crippen molar-refractivity contribution >= 4 is 5.91 Å². The molecule has 2 bridgehead atoms. The number of nitrogens with zero attached hydrogens (tertiary/aromatic N) is 2. The Labute approximate surface area is 115 Å². The molecule has 0 saturated carbocycles. The van der Waals surface area contributed by atoms with Crippen molar-refractivity contribution in [1.29, 1.82) is 0 Å². The minimum Gasteiger partial charge on any atom is -0.331 e. The summed E-state index contributed by atoms with van der Waals surface area (Å²) in [7, 11) is 2.05. The zero-order chi connectivity index (χ0) is 14.3. The lowest BCUT2D eigenvalue weighted by molar-refractivity contribution is 0.0671. The molecule has 1 aromatic heterocycles. The molecule has 0 aliphatic carbocycles. The van der Waals surface area contributed by atoms with Gasteiger partial charge in [0, 0.05) is 24.8 Å². The second-order valence-electron chi connectivity index (χ2n) is 5.63. The van der Waals surface area contributed by atoms with Gasteiger partial charge in [0.1, 0.15) is 5.56 Å². The summed E-state index contributed by atoms with van der Waals surface area (Å²) in [5.74, 6) is -0.273. The second kappa shape index (κ2) is 4.90. The summed E-state index contributed by atoms with van der Waals surface area (Å²) in [6.07, 6.45) is 4.12. The number of H-pyrrole nitrogens is 2. The van der Waals surface area contributed by atoms with Crippen LogP contribution in [0.4, 0.5) is 0 Å². The molecule has 20 heavy (non-hydrogen) atoms. The minimum atomic E-state index is -0.615. The number of likely N-dealkylation sites (N-methyl/N-ethyl adjacent to an activating group) is 1. The van der Waals surface area contributed by atoms with Crippen molar-refractivity contribution in [2.45, 2.75) is 31.3 Å². The van der Waals surface area contributed by atoms with E-state index in [1.807, 2.05) is 4.90 Å². The maximum atomic E-state index is 12.6. The van der Waals surface area contributed by atoms with Gasteiger partial charge in [-0.25, -0.2) is 4.79 Å². The van der Waals surface area contributed by atoms with E-state index in [4.69, 9.17) is 0 Å². The number of amides is 1. The van der Waals surface area contributed by atoms with E-state index in [2.05, 4.69) is 21.9 Å². The maximum absolute atomic E-state index is 12.6. The van der Waals surface area contributed by atoms with Crippen LogP contribution in [-0.4, -0.2) is 57.9 Å². The van der Waals surface area contributed by atoms with Crippen LogP contribution in [0, 0.1) is 0 Å². The molecular weight excluding hydrogens is 260 g/mol. The Morgan fingerprint density at radius 2 is 2.00 bits per heavy atom. The van der Waals surface area contributed by atoms with Crippen molar-refractivity contribution in [3.63, 3.8) is 0 Å². The van der Waals surface area contributed by atoms with E-state index in [0.717, 1.165) is 32.4 Å². The SMILES string of the molecule is CN1CC[C@H]2CC[C@@H](C1)N2C(=O)c1c[nH]c(=O)[nH]c1=O. The summed E-state index contributed by atoms with van der Waals surface area (Å²) in [5, 5.41) is 0. The molecule has 2 aliphatic heterocycles. The van der Waals surface area contributed by atoms with Gasteiger partial charge < -0.3 is 14.8 Å². The Bertz CT molecular complexity index is 635. The highest BCUT2D eigenvalue weighted by atomic mass is 16.2. The zero-order valence-electron chi connectivity index (χ0n) is 11.4. The zero-order valence-corrected chi connectivity index (χ0v) is 11.4. The average Bonchev–Trinajstić information content (AvgIpc) is 2.69. The summed E-state index contributed by atoms with van der Waals surface area (Å²) in [6, 6.07) is 0.357. The van der Waals surface area contributed by atoms with Crippen LogP contribution in [0.5, 0.6) is 0 Å². The number of aromatic amines is 2. The molecule has 0 spiro atoms. The fraction of sp³-hybridized carbons (Fsp3) is 0.615. The molecule has 1 amide bonds. The first-order chi connectivity index (χ1) is 9.56. The van der Waals surface area contributed by atoms with Crippen molar-refractivity contribution in [2.24, 2.45) is 0 Å². The van der Waals surface area contributed by atoms with Gasteiger partial charge in [0.05, 0.1) is 0 Å². The Kier molecular flexibility index (Phi) is 3.21. The molecule has 2 atom stereocenters. The summed E-state index contributed by atoms with van der Waals surface area (Å²) in [6.45, 7) is 1.80. The molecule has 1 aromatic rings. The highest BCUT2D eigenvalue weighted by Crippen LogP contribution is 2.30. The number of carbonyl (C=O) groups is 1. The van der Waals surface area contributed by atoms with E-state index in [9.17, 15) is 14.4 Å². The Balaban J connectivity index is 1.94. The smallest absolute Gasteiger partial charge is 0.325 e. The number of carbonyl (C=O) groups excluding carboxylic acids is 1. The lowest BCUT2D eigenvalue weighted by Gasteiger charge is -2.28. The number of likely N-dealkylation sites (tertiary alicyclic amines) is 1. The van der Waals surface area contributed by atoms with Crippen LogP contribution in [0.2, 0.25) is 0 Å². The predicted octanol–water partition coefficient (Wildman–Crippen LogP) is -0.628. The van der Waals surface area contributed by atoms with E-state index >= 15 is 0 Å². The molecule has 3 rings (SSSR count). The summed E-state index contributed by atoms with van der Waals surface area (Å²) in [5.41, 5.74) is -1.19. The summed E-state index contributed by atoms with van der Waals surface area (Å²) >= 11 is 0. The van der Waals surface area contributed by atoms with Gasteiger partial charge in [0.2, 0.25) is 0 Å². The van der Waals surface area contributed by atoms with Crippen LogP contribution < -0.4 is 11.2 Å². The molecule has 2 aliphatic rings. The molecule has 7 nitrogen and oxygen atoms in total. The molecule has 108 valence electrons. The van der Waals surface area contributed by atoms with Crippen LogP contribution in [0.15, 0.2) is 15.8 Å². The first-order valence-corrected chi connectivity index (χ1v) is 6.89. The number of hydrogen-bond acceptors (Lipinski definition) is 4. The summed E-state index contributed by atoms with van der Waals surface area (Å²) in [4.78, 5) is 44.0. The topological polar surface area (TPSA) is 89.3 Å². The molecule has 2 saturated heterocycles. The molecule has 3 heterocycles. The normalized spacial score (nSPS) is 26.6. The molecule has 0 radical (unpaired) electrons. The van der Waals surface area contributed by atoms with Crippen LogP contribution >= 0.6 is 0 Å².